The van der Waals surface area contributed by atoms with E-state index in [1.807, 2.05) is 6.07 Å². The number of hydrogen-bond donors (Lipinski definition) is 2. The molecule has 0 radical (unpaired) electrons. The van der Waals surface area contributed by atoms with Crippen molar-refractivity contribution in [1.29, 1.82) is 5.26 Å². The van der Waals surface area contributed by atoms with Gasteiger partial charge in [-0.3, -0.25) is 4.79 Å². The van der Waals surface area contributed by atoms with Crippen molar-refractivity contribution in [3.8, 4) is 6.07 Å². The predicted octanol–water partition coefficient (Wildman–Crippen LogP) is 1.01. The Kier molecular flexibility index (Phi) is 4.44. The van der Waals surface area contributed by atoms with Crippen molar-refractivity contribution < 1.29 is 13.9 Å². The molecule has 1 unspecified atom stereocenters. The molecule has 1 heterocycles. The molecule has 0 spiro atoms. The van der Waals surface area contributed by atoms with Gasteiger partial charge in [-0.15, -0.1) is 0 Å². The van der Waals surface area contributed by atoms with Gasteiger partial charge in [-0.05, 0) is 18.2 Å². The molecule has 0 aromatic heterocycles. The summed E-state index contributed by atoms with van der Waals surface area (Å²) in [6, 6.07) is 5.73. The van der Waals surface area contributed by atoms with E-state index in [2.05, 4.69) is 10.6 Å². The smallest absolute Gasteiger partial charge is 0.226 e. The molecule has 1 amide bonds. The van der Waals surface area contributed by atoms with Gasteiger partial charge < -0.3 is 15.4 Å². The summed E-state index contributed by atoms with van der Waals surface area (Å²) in [6.45, 7) is 1.83. The number of carbonyl (C=O) groups excluding carboxylic acids is 1. The molecule has 2 rings (SSSR count). The lowest BCUT2D eigenvalue weighted by Gasteiger charge is -2.23. The third-order valence-electron chi connectivity index (χ3n) is 2.80. The van der Waals surface area contributed by atoms with Gasteiger partial charge in [-0.1, -0.05) is 0 Å². The Balaban J connectivity index is 1.93. The molecule has 1 aliphatic heterocycles. The number of carbonyl (C=O) groups is 1. The molecular weight excluding hydrogens is 249 g/mol. The van der Waals surface area contributed by atoms with Crippen LogP contribution >= 0.6 is 0 Å². The second-order valence-electron chi connectivity index (χ2n) is 4.28. The van der Waals surface area contributed by atoms with E-state index in [4.69, 9.17) is 10.00 Å². The van der Waals surface area contributed by atoms with Gasteiger partial charge >= 0.3 is 0 Å². The Morgan fingerprint density at radius 3 is 3.11 bits per heavy atom. The minimum atomic E-state index is -0.611. The second-order valence-corrected chi connectivity index (χ2v) is 4.28. The van der Waals surface area contributed by atoms with Crippen LogP contribution in [0.5, 0.6) is 0 Å². The molecule has 1 atom stereocenters. The Hall–Kier alpha value is -1.97. The van der Waals surface area contributed by atoms with Gasteiger partial charge in [0.1, 0.15) is 5.82 Å². The maximum atomic E-state index is 13.6. The highest BCUT2D eigenvalue weighted by Crippen LogP contribution is 2.15. The van der Waals surface area contributed by atoms with Crippen LogP contribution in [0.4, 0.5) is 10.1 Å². The van der Waals surface area contributed by atoms with Crippen molar-refractivity contribution in [2.24, 2.45) is 0 Å². The number of benzene rings is 1. The number of nitrogens with zero attached hydrogens (tertiary/aromatic N) is 1. The van der Waals surface area contributed by atoms with Gasteiger partial charge in [0.05, 0.1) is 30.5 Å². The first-order valence-electron chi connectivity index (χ1n) is 5.99. The fraction of sp³-hybridized carbons (Fsp3) is 0.385. The van der Waals surface area contributed by atoms with E-state index in [0.717, 1.165) is 6.07 Å². The number of anilines is 1. The number of nitrogens with one attached hydrogen (secondary N) is 2. The highest BCUT2D eigenvalue weighted by molar-refractivity contribution is 5.91. The van der Waals surface area contributed by atoms with Crippen molar-refractivity contribution in [3.63, 3.8) is 0 Å². The second kappa shape index (κ2) is 6.27. The lowest BCUT2D eigenvalue weighted by atomic mass is 10.1. The molecule has 0 bridgehead atoms. The van der Waals surface area contributed by atoms with Crippen LogP contribution in [0.2, 0.25) is 0 Å². The van der Waals surface area contributed by atoms with E-state index >= 15 is 0 Å². The summed E-state index contributed by atoms with van der Waals surface area (Å²) in [4.78, 5) is 11.7. The molecule has 6 heteroatoms. The summed E-state index contributed by atoms with van der Waals surface area (Å²) in [7, 11) is 0. The first-order chi connectivity index (χ1) is 9.19. The molecule has 19 heavy (non-hydrogen) atoms. The lowest BCUT2D eigenvalue weighted by Crippen LogP contribution is -2.43. The third-order valence-corrected chi connectivity index (χ3v) is 2.80. The zero-order valence-electron chi connectivity index (χ0n) is 10.3. The van der Waals surface area contributed by atoms with E-state index in [0.29, 0.717) is 19.8 Å². The average molecular weight is 263 g/mol. The van der Waals surface area contributed by atoms with Crippen LogP contribution in [0.15, 0.2) is 18.2 Å². The van der Waals surface area contributed by atoms with Crippen LogP contribution in [0, 0.1) is 17.1 Å². The molecule has 2 N–H and O–H groups in total. The van der Waals surface area contributed by atoms with Crippen LogP contribution in [-0.2, 0) is 9.53 Å². The van der Waals surface area contributed by atoms with Crippen molar-refractivity contribution in [3.05, 3.63) is 29.6 Å². The fourth-order valence-electron chi connectivity index (χ4n) is 1.86. The predicted molar refractivity (Wildman–Crippen MR) is 67.0 cm³/mol. The van der Waals surface area contributed by atoms with E-state index < -0.39 is 5.82 Å². The molecule has 1 aromatic carbocycles. The molecule has 100 valence electrons. The van der Waals surface area contributed by atoms with Crippen molar-refractivity contribution in [2.45, 2.75) is 12.5 Å². The van der Waals surface area contributed by atoms with Gasteiger partial charge in [-0.2, -0.15) is 5.26 Å². The van der Waals surface area contributed by atoms with E-state index in [9.17, 15) is 9.18 Å². The number of amides is 1. The van der Waals surface area contributed by atoms with Crippen LogP contribution in [0.3, 0.4) is 0 Å². The number of ether oxygens (including phenoxy) is 1. The van der Waals surface area contributed by atoms with Gasteiger partial charge in [0, 0.05) is 19.0 Å². The summed E-state index contributed by atoms with van der Waals surface area (Å²) < 4.78 is 18.8. The Bertz CT molecular complexity index is 507. The number of nitriles is 1. The van der Waals surface area contributed by atoms with Crippen molar-refractivity contribution in [2.75, 3.05) is 25.1 Å². The first kappa shape index (κ1) is 13.5. The summed E-state index contributed by atoms with van der Waals surface area (Å²) in [5.74, 6) is -0.896. The van der Waals surface area contributed by atoms with Gasteiger partial charge in [0.15, 0.2) is 0 Å². The molecule has 1 fully saturated rings. The quantitative estimate of drug-likeness (QED) is 0.853. The van der Waals surface area contributed by atoms with Gasteiger partial charge in [0.25, 0.3) is 0 Å². The van der Waals surface area contributed by atoms with E-state index in [-0.39, 0.29) is 29.6 Å². The summed E-state index contributed by atoms with van der Waals surface area (Å²) >= 11 is 0. The lowest BCUT2D eigenvalue weighted by molar-refractivity contribution is -0.117. The minimum Gasteiger partial charge on any atom is -0.378 e. The first-order valence-corrected chi connectivity index (χ1v) is 5.99. The Morgan fingerprint density at radius 2 is 2.47 bits per heavy atom. The molecule has 1 aromatic rings. The number of halogens is 1. The van der Waals surface area contributed by atoms with Crippen LogP contribution in [0.1, 0.15) is 12.0 Å². The number of morpholine rings is 1. The van der Waals surface area contributed by atoms with Crippen LogP contribution < -0.4 is 10.6 Å². The zero-order valence-corrected chi connectivity index (χ0v) is 10.3. The highest BCUT2D eigenvalue weighted by atomic mass is 19.1. The number of hydrogen-bond acceptors (Lipinski definition) is 4. The normalized spacial score (nSPS) is 18.6. The molecule has 0 aliphatic carbocycles. The third kappa shape index (κ3) is 3.74. The van der Waals surface area contributed by atoms with Crippen LogP contribution in [0.25, 0.3) is 0 Å². The van der Waals surface area contributed by atoms with Crippen molar-refractivity contribution in [1.82, 2.24) is 5.32 Å². The standard InChI is InChI=1S/C13H14FN3O2/c14-11-5-9(7-15)1-2-12(11)17-13(18)6-10-8-19-4-3-16-10/h1-2,5,10,16H,3-4,6,8H2,(H,17,18). The topological polar surface area (TPSA) is 74.2 Å². The Labute approximate surface area is 110 Å². The van der Waals surface area contributed by atoms with E-state index in [1.54, 1.807) is 0 Å². The van der Waals surface area contributed by atoms with Gasteiger partial charge in [0.2, 0.25) is 5.91 Å². The zero-order chi connectivity index (χ0) is 13.7. The maximum absolute atomic E-state index is 13.6. The number of rotatable bonds is 3. The highest BCUT2D eigenvalue weighted by Gasteiger charge is 2.17. The molecule has 1 saturated heterocycles. The van der Waals surface area contributed by atoms with E-state index in [1.165, 1.54) is 12.1 Å². The summed E-state index contributed by atoms with van der Waals surface area (Å²) in [5.41, 5.74) is 0.304. The van der Waals surface area contributed by atoms with Crippen LogP contribution in [-0.4, -0.2) is 31.7 Å². The van der Waals surface area contributed by atoms with Gasteiger partial charge in [-0.25, -0.2) is 4.39 Å². The average Bonchev–Trinajstić information content (AvgIpc) is 2.42. The molecule has 0 saturated carbocycles. The monoisotopic (exact) mass is 263 g/mol. The maximum Gasteiger partial charge on any atom is 0.226 e. The van der Waals surface area contributed by atoms with Crippen molar-refractivity contribution >= 4 is 11.6 Å². The molecule has 1 aliphatic rings. The minimum absolute atomic E-state index is 0.0461. The largest absolute Gasteiger partial charge is 0.378 e. The Morgan fingerprint density at radius 1 is 1.63 bits per heavy atom. The molecule has 5 nitrogen and oxygen atoms in total. The SMILES string of the molecule is N#Cc1ccc(NC(=O)CC2COCCN2)c(F)c1. The fourth-order valence-corrected chi connectivity index (χ4v) is 1.86. The summed E-state index contributed by atoms with van der Waals surface area (Å²) in [6.07, 6.45) is 0.222. The molecular formula is C13H14FN3O2. The summed E-state index contributed by atoms with van der Waals surface area (Å²) in [5, 5.41) is 14.3.